The van der Waals surface area contributed by atoms with Crippen molar-refractivity contribution in [2.75, 3.05) is 0 Å². The van der Waals surface area contributed by atoms with Gasteiger partial charge in [0.1, 0.15) is 18.0 Å². The first-order valence-electron chi connectivity index (χ1n) is 6.24. The zero-order valence-electron chi connectivity index (χ0n) is 11.2. The van der Waals surface area contributed by atoms with Crippen LogP contribution < -0.4 is 0 Å². The van der Waals surface area contributed by atoms with Gasteiger partial charge in [-0.1, -0.05) is 6.92 Å². The summed E-state index contributed by atoms with van der Waals surface area (Å²) >= 11 is 0. The highest BCUT2D eigenvalue weighted by Crippen LogP contribution is 2.16. The van der Waals surface area contributed by atoms with Gasteiger partial charge in [-0.3, -0.25) is 0 Å². The first kappa shape index (κ1) is 14.2. The minimum absolute atomic E-state index is 0.213. The molecule has 21 heavy (non-hydrogen) atoms. The molecule has 0 fully saturated rings. The fraction of sp³-hybridized carbons (Fsp3) is 0.214. The minimum atomic E-state index is -1.21. The van der Waals surface area contributed by atoms with Crippen LogP contribution in [0.25, 0.3) is 5.69 Å². The molecular weight excluding hydrogens is 270 g/mol. The maximum atomic E-state index is 11.0. The topological polar surface area (TPSA) is 116 Å². The molecule has 0 atom stereocenters. The van der Waals surface area contributed by atoms with E-state index in [1.807, 2.05) is 19.1 Å². The summed E-state index contributed by atoms with van der Waals surface area (Å²) in [6, 6.07) is 8.48. The summed E-state index contributed by atoms with van der Waals surface area (Å²) in [5.41, 5.74) is 0.982. The molecule has 0 saturated heterocycles. The van der Waals surface area contributed by atoms with Gasteiger partial charge in [0.25, 0.3) is 5.82 Å². The number of aryl methyl sites for hydroxylation is 1. The van der Waals surface area contributed by atoms with Gasteiger partial charge >= 0.3 is 5.97 Å². The lowest BCUT2D eigenvalue weighted by Crippen LogP contribution is -2.04. The fourth-order valence-electron chi connectivity index (χ4n) is 1.88. The number of carboxylic acids is 1. The molecule has 2 aromatic rings. The molecule has 7 heteroatoms. The molecule has 1 aromatic heterocycles. The number of carbonyl (C=O) groups is 1. The van der Waals surface area contributed by atoms with Crippen molar-refractivity contribution < 1.29 is 9.90 Å². The first-order chi connectivity index (χ1) is 10.1. The first-order valence-corrected chi connectivity index (χ1v) is 6.24. The molecule has 0 unspecified atom stereocenters. The molecule has 0 radical (unpaired) electrons. The molecule has 0 amide bonds. The van der Waals surface area contributed by atoms with E-state index in [9.17, 15) is 4.79 Å². The average Bonchev–Trinajstić information content (AvgIpc) is 2.91. The number of nitriles is 2. The number of hydrogen-bond acceptors (Lipinski definition) is 5. The van der Waals surface area contributed by atoms with Gasteiger partial charge in [0.15, 0.2) is 0 Å². The maximum absolute atomic E-state index is 11.0. The van der Waals surface area contributed by atoms with Gasteiger partial charge in [0, 0.05) is 6.42 Å². The molecular formula is C14H11N5O2. The SMILES string of the molecule is CCCc1nc(C(=O)O)nn1-c1ccc(C#N)c(C#N)c1. The van der Waals surface area contributed by atoms with Gasteiger partial charge in [-0.15, -0.1) is 5.10 Å². The summed E-state index contributed by atoms with van der Waals surface area (Å²) < 4.78 is 1.40. The summed E-state index contributed by atoms with van der Waals surface area (Å²) in [5, 5.41) is 30.9. The van der Waals surface area contributed by atoms with Crippen LogP contribution in [0, 0.1) is 22.7 Å². The third-order valence-electron chi connectivity index (χ3n) is 2.83. The van der Waals surface area contributed by atoms with E-state index in [0.29, 0.717) is 17.9 Å². The van der Waals surface area contributed by atoms with Gasteiger partial charge in [-0.2, -0.15) is 10.5 Å². The number of hydrogen-bond donors (Lipinski definition) is 1. The van der Waals surface area contributed by atoms with Crippen LogP contribution in [-0.2, 0) is 6.42 Å². The quantitative estimate of drug-likeness (QED) is 0.911. The van der Waals surface area contributed by atoms with E-state index in [0.717, 1.165) is 6.42 Å². The van der Waals surface area contributed by atoms with Crippen molar-refractivity contribution in [1.29, 1.82) is 10.5 Å². The van der Waals surface area contributed by atoms with Gasteiger partial charge in [-0.25, -0.2) is 14.5 Å². The predicted molar refractivity (Wildman–Crippen MR) is 71.7 cm³/mol. The molecule has 1 aromatic carbocycles. The fourth-order valence-corrected chi connectivity index (χ4v) is 1.88. The molecule has 1 N–H and O–H groups in total. The van der Waals surface area contributed by atoms with Crippen molar-refractivity contribution in [3.8, 4) is 17.8 Å². The number of benzene rings is 1. The second-order valence-corrected chi connectivity index (χ2v) is 4.27. The van der Waals surface area contributed by atoms with Gasteiger partial charge in [0.05, 0.1) is 16.8 Å². The molecule has 104 valence electrons. The highest BCUT2D eigenvalue weighted by atomic mass is 16.4. The van der Waals surface area contributed by atoms with Crippen molar-refractivity contribution >= 4 is 5.97 Å². The van der Waals surface area contributed by atoms with Gasteiger partial charge in [0.2, 0.25) is 0 Å². The summed E-state index contributed by atoms with van der Waals surface area (Å²) in [6.45, 7) is 1.94. The molecule has 0 aliphatic rings. The van der Waals surface area contributed by atoms with Crippen molar-refractivity contribution in [3.05, 3.63) is 41.0 Å². The highest BCUT2D eigenvalue weighted by Gasteiger charge is 2.16. The van der Waals surface area contributed by atoms with E-state index >= 15 is 0 Å². The lowest BCUT2D eigenvalue weighted by Gasteiger charge is -2.05. The molecule has 0 bridgehead atoms. The van der Waals surface area contributed by atoms with E-state index in [4.69, 9.17) is 15.6 Å². The van der Waals surface area contributed by atoms with Crippen LogP contribution in [0.3, 0.4) is 0 Å². The van der Waals surface area contributed by atoms with Crippen LogP contribution in [0.1, 0.15) is 40.9 Å². The Bertz CT molecular complexity index is 780. The maximum Gasteiger partial charge on any atom is 0.375 e. The Morgan fingerprint density at radius 3 is 2.62 bits per heavy atom. The summed E-state index contributed by atoms with van der Waals surface area (Å²) in [6.07, 6.45) is 1.33. The van der Waals surface area contributed by atoms with Gasteiger partial charge < -0.3 is 5.11 Å². The Labute approximate surface area is 120 Å². The zero-order chi connectivity index (χ0) is 15.4. The third kappa shape index (κ3) is 2.72. The molecule has 2 rings (SSSR count). The summed E-state index contributed by atoms with van der Waals surface area (Å²) in [5.74, 6) is -0.995. The monoisotopic (exact) mass is 281 g/mol. The van der Waals surface area contributed by atoms with Gasteiger partial charge in [-0.05, 0) is 24.6 Å². The average molecular weight is 281 g/mol. The van der Waals surface area contributed by atoms with Crippen LogP contribution in [0.4, 0.5) is 0 Å². The largest absolute Gasteiger partial charge is 0.475 e. The van der Waals surface area contributed by atoms with Crippen molar-refractivity contribution in [2.24, 2.45) is 0 Å². The van der Waals surface area contributed by atoms with E-state index < -0.39 is 5.97 Å². The molecule has 7 nitrogen and oxygen atoms in total. The van der Waals surface area contributed by atoms with E-state index in [1.54, 1.807) is 6.07 Å². The lowest BCUT2D eigenvalue weighted by molar-refractivity contribution is 0.0683. The third-order valence-corrected chi connectivity index (χ3v) is 2.83. The number of nitrogens with zero attached hydrogens (tertiary/aromatic N) is 5. The molecule has 1 heterocycles. The van der Waals surface area contributed by atoms with Crippen LogP contribution >= 0.6 is 0 Å². The van der Waals surface area contributed by atoms with E-state index in [1.165, 1.54) is 16.8 Å². The van der Waals surface area contributed by atoms with Crippen molar-refractivity contribution in [1.82, 2.24) is 14.8 Å². The van der Waals surface area contributed by atoms with E-state index in [2.05, 4.69) is 10.1 Å². The Morgan fingerprint density at radius 2 is 2.05 bits per heavy atom. The minimum Gasteiger partial charge on any atom is -0.475 e. The highest BCUT2D eigenvalue weighted by molar-refractivity contribution is 5.83. The molecule has 0 aliphatic carbocycles. The summed E-state index contributed by atoms with van der Waals surface area (Å²) in [4.78, 5) is 15.0. The van der Waals surface area contributed by atoms with Crippen LogP contribution in [0.5, 0.6) is 0 Å². The smallest absolute Gasteiger partial charge is 0.375 e. The Kier molecular flexibility index (Phi) is 3.96. The number of rotatable bonds is 4. The van der Waals surface area contributed by atoms with Crippen molar-refractivity contribution in [3.63, 3.8) is 0 Å². The standard InChI is InChI=1S/C14H11N5O2/c1-2-3-12-17-13(14(20)21)18-19(12)11-5-4-9(7-15)10(6-11)8-16/h4-6H,2-3H2,1H3,(H,20,21). The number of aromatic nitrogens is 3. The zero-order valence-corrected chi connectivity index (χ0v) is 11.2. The number of carboxylic acid groups (broad SMARTS) is 1. The summed E-state index contributed by atoms with van der Waals surface area (Å²) in [7, 11) is 0. The second-order valence-electron chi connectivity index (χ2n) is 4.27. The van der Waals surface area contributed by atoms with Crippen LogP contribution in [0.2, 0.25) is 0 Å². The molecule has 0 spiro atoms. The Morgan fingerprint density at radius 1 is 1.33 bits per heavy atom. The van der Waals surface area contributed by atoms with Crippen LogP contribution in [0.15, 0.2) is 18.2 Å². The Balaban J connectivity index is 2.58. The number of aromatic carboxylic acids is 1. The molecule has 0 aliphatic heterocycles. The predicted octanol–water partition coefficient (Wildman–Crippen LogP) is 1.66. The normalized spacial score (nSPS) is 9.86. The molecule has 0 saturated carbocycles. The Hall–Kier alpha value is -3.19. The van der Waals surface area contributed by atoms with E-state index in [-0.39, 0.29) is 17.0 Å². The van der Waals surface area contributed by atoms with Crippen LogP contribution in [-0.4, -0.2) is 25.8 Å². The van der Waals surface area contributed by atoms with Crippen molar-refractivity contribution in [2.45, 2.75) is 19.8 Å². The lowest BCUT2D eigenvalue weighted by atomic mass is 10.1. The second kappa shape index (κ2) is 5.85.